The van der Waals surface area contributed by atoms with Gasteiger partial charge < -0.3 is 19.7 Å². The Bertz CT molecular complexity index is 313. The minimum atomic E-state index is -0.764. The number of hydrogen-bond acceptors (Lipinski definition) is 5. The van der Waals surface area contributed by atoms with Gasteiger partial charge in [0.1, 0.15) is 6.10 Å². The van der Waals surface area contributed by atoms with Gasteiger partial charge in [-0.1, -0.05) is 19.8 Å². The molecule has 2 unspecified atom stereocenters. The Morgan fingerprint density at radius 3 is 2.95 bits per heavy atom. The number of aliphatic hydroxyl groups is 2. The Morgan fingerprint density at radius 1 is 1.63 bits per heavy atom. The van der Waals surface area contributed by atoms with Crippen molar-refractivity contribution in [1.82, 2.24) is 0 Å². The quantitative estimate of drug-likeness (QED) is 0.685. The van der Waals surface area contributed by atoms with E-state index in [1.54, 1.807) is 6.08 Å². The summed E-state index contributed by atoms with van der Waals surface area (Å²) in [5.41, 5.74) is 0. The van der Waals surface area contributed by atoms with Gasteiger partial charge in [-0.05, 0) is 18.9 Å². The van der Waals surface area contributed by atoms with Crippen LogP contribution >= 0.6 is 0 Å². The van der Waals surface area contributed by atoms with E-state index in [9.17, 15) is 9.90 Å². The highest BCUT2D eigenvalue weighted by atomic mass is 16.6. The molecule has 0 aromatic rings. The van der Waals surface area contributed by atoms with Gasteiger partial charge in [0, 0.05) is 18.9 Å². The van der Waals surface area contributed by atoms with E-state index in [4.69, 9.17) is 9.84 Å². The molecule has 5 nitrogen and oxygen atoms in total. The number of esters is 1. The Balaban J connectivity index is 2.74. The fraction of sp³-hybridized carbons (Fsp3) is 0.786. The standard InChI is InChI=1S/C14H24O5/c1-3-4-5-10-6-7-12(14(17)18-2)19-13(10)11(16)8-9-15/h7,10-11,13,15-16H,3-6,8-9H2,1-2H3/t10-,11?,13?/m1/s1. The zero-order valence-electron chi connectivity index (χ0n) is 11.7. The van der Waals surface area contributed by atoms with E-state index in [1.165, 1.54) is 7.11 Å². The van der Waals surface area contributed by atoms with Crippen molar-refractivity contribution >= 4 is 5.97 Å². The molecule has 0 fully saturated rings. The third-order valence-electron chi connectivity index (χ3n) is 3.45. The summed E-state index contributed by atoms with van der Waals surface area (Å²) < 4.78 is 10.2. The van der Waals surface area contributed by atoms with Crippen molar-refractivity contribution < 1.29 is 24.5 Å². The highest BCUT2D eigenvalue weighted by molar-refractivity contribution is 5.86. The lowest BCUT2D eigenvalue weighted by molar-refractivity contribution is -0.145. The maximum atomic E-state index is 11.5. The van der Waals surface area contributed by atoms with Crippen LogP contribution in [0.3, 0.4) is 0 Å². The van der Waals surface area contributed by atoms with Gasteiger partial charge in [0.2, 0.25) is 5.76 Å². The summed E-state index contributed by atoms with van der Waals surface area (Å²) in [4.78, 5) is 11.5. The third-order valence-corrected chi connectivity index (χ3v) is 3.45. The number of allylic oxidation sites excluding steroid dienone is 1. The van der Waals surface area contributed by atoms with E-state index in [-0.39, 0.29) is 24.7 Å². The average Bonchev–Trinajstić information content (AvgIpc) is 2.44. The molecule has 0 saturated heterocycles. The monoisotopic (exact) mass is 272 g/mol. The molecule has 19 heavy (non-hydrogen) atoms. The number of ether oxygens (including phenoxy) is 2. The van der Waals surface area contributed by atoms with Crippen LogP contribution in [0.5, 0.6) is 0 Å². The van der Waals surface area contributed by atoms with Crippen LogP contribution < -0.4 is 0 Å². The van der Waals surface area contributed by atoms with Gasteiger partial charge in [0.15, 0.2) is 0 Å². The zero-order chi connectivity index (χ0) is 14.3. The predicted molar refractivity (Wildman–Crippen MR) is 70.3 cm³/mol. The molecular formula is C14H24O5. The van der Waals surface area contributed by atoms with Gasteiger partial charge in [-0.25, -0.2) is 4.79 Å². The molecule has 1 rings (SSSR count). The first-order valence-electron chi connectivity index (χ1n) is 6.88. The molecule has 0 amide bonds. The Hall–Kier alpha value is -1.07. The zero-order valence-corrected chi connectivity index (χ0v) is 11.7. The largest absolute Gasteiger partial charge is 0.480 e. The lowest BCUT2D eigenvalue weighted by Crippen LogP contribution is -2.39. The SMILES string of the molecule is CCCC[C@@H]1CC=C(C(=O)OC)OC1C(O)CCO. The summed E-state index contributed by atoms with van der Waals surface area (Å²) >= 11 is 0. The fourth-order valence-corrected chi connectivity index (χ4v) is 2.35. The summed E-state index contributed by atoms with van der Waals surface area (Å²) in [7, 11) is 1.30. The lowest BCUT2D eigenvalue weighted by atomic mass is 9.86. The molecule has 1 aliphatic heterocycles. The van der Waals surface area contributed by atoms with Crippen molar-refractivity contribution in [2.75, 3.05) is 13.7 Å². The maximum Gasteiger partial charge on any atom is 0.372 e. The van der Waals surface area contributed by atoms with Crippen LogP contribution in [0.4, 0.5) is 0 Å². The average molecular weight is 272 g/mol. The topological polar surface area (TPSA) is 76.0 Å². The number of hydrogen-bond donors (Lipinski definition) is 2. The number of rotatable bonds is 7. The Labute approximate surface area is 114 Å². The van der Waals surface area contributed by atoms with Crippen LogP contribution in [-0.2, 0) is 14.3 Å². The van der Waals surface area contributed by atoms with Gasteiger partial charge in [-0.3, -0.25) is 0 Å². The van der Waals surface area contributed by atoms with E-state index >= 15 is 0 Å². The molecule has 0 aliphatic carbocycles. The van der Waals surface area contributed by atoms with Crippen molar-refractivity contribution in [3.8, 4) is 0 Å². The first kappa shape index (κ1) is 16.0. The van der Waals surface area contributed by atoms with Crippen molar-refractivity contribution in [3.05, 3.63) is 11.8 Å². The van der Waals surface area contributed by atoms with Crippen molar-refractivity contribution in [2.24, 2.45) is 5.92 Å². The van der Waals surface area contributed by atoms with Crippen LogP contribution in [0, 0.1) is 5.92 Å². The second-order valence-electron chi connectivity index (χ2n) is 4.86. The number of aliphatic hydroxyl groups excluding tert-OH is 2. The third kappa shape index (κ3) is 4.51. The Kier molecular flexibility index (Phi) is 6.87. The van der Waals surface area contributed by atoms with E-state index in [0.29, 0.717) is 6.42 Å². The van der Waals surface area contributed by atoms with E-state index < -0.39 is 18.2 Å². The molecule has 0 aromatic carbocycles. The molecule has 0 spiro atoms. The molecule has 0 saturated carbocycles. The smallest absolute Gasteiger partial charge is 0.372 e. The molecule has 110 valence electrons. The second kappa shape index (κ2) is 8.17. The van der Waals surface area contributed by atoms with Crippen LogP contribution in [-0.4, -0.2) is 42.1 Å². The van der Waals surface area contributed by atoms with Crippen molar-refractivity contribution in [3.63, 3.8) is 0 Å². The van der Waals surface area contributed by atoms with Gasteiger partial charge in [-0.15, -0.1) is 0 Å². The lowest BCUT2D eigenvalue weighted by Gasteiger charge is -2.34. The summed E-state index contributed by atoms with van der Waals surface area (Å²) in [6.45, 7) is 2.01. The van der Waals surface area contributed by atoms with E-state index in [1.807, 2.05) is 0 Å². The minimum Gasteiger partial charge on any atom is -0.480 e. The normalized spacial score (nSPS) is 24.3. The van der Waals surface area contributed by atoms with Crippen LogP contribution in [0.15, 0.2) is 11.8 Å². The Morgan fingerprint density at radius 2 is 2.37 bits per heavy atom. The molecule has 0 bridgehead atoms. The molecule has 3 atom stereocenters. The number of methoxy groups -OCH3 is 1. The molecule has 1 aliphatic rings. The van der Waals surface area contributed by atoms with E-state index in [0.717, 1.165) is 19.3 Å². The van der Waals surface area contributed by atoms with Gasteiger partial charge >= 0.3 is 5.97 Å². The predicted octanol–water partition coefficient (Wildman–Crippen LogP) is 1.38. The van der Waals surface area contributed by atoms with Gasteiger partial charge in [0.05, 0.1) is 13.2 Å². The molecular weight excluding hydrogens is 248 g/mol. The molecule has 1 heterocycles. The molecule has 0 radical (unpaired) electrons. The number of carbonyl (C=O) groups excluding carboxylic acids is 1. The summed E-state index contributed by atoms with van der Waals surface area (Å²) in [6, 6.07) is 0. The van der Waals surface area contributed by atoms with Gasteiger partial charge in [-0.2, -0.15) is 0 Å². The summed E-state index contributed by atoms with van der Waals surface area (Å²) in [5, 5.41) is 19.0. The highest BCUT2D eigenvalue weighted by Crippen LogP contribution is 2.30. The van der Waals surface area contributed by atoms with Gasteiger partial charge in [0.25, 0.3) is 0 Å². The number of carbonyl (C=O) groups is 1. The van der Waals surface area contributed by atoms with Crippen molar-refractivity contribution in [1.29, 1.82) is 0 Å². The molecule has 0 aromatic heterocycles. The minimum absolute atomic E-state index is 0.0984. The molecule has 5 heteroatoms. The van der Waals surface area contributed by atoms with Crippen LogP contribution in [0.2, 0.25) is 0 Å². The molecule has 2 N–H and O–H groups in total. The van der Waals surface area contributed by atoms with Crippen molar-refractivity contribution in [2.45, 2.75) is 51.2 Å². The highest BCUT2D eigenvalue weighted by Gasteiger charge is 2.34. The second-order valence-corrected chi connectivity index (χ2v) is 4.86. The first-order valence-corrected chi connectivity index (χ1v) is 6.88. The van der Waals surface area contributed by atoms with Crippen LogP contribution in [0.25, 0.3) is 0 Å². The summed E-state index contributed by atoms with van der Waals surface area (Å²) in [6.07, 6.45) is 4.53. The first-order chi connectivity index (χ1) is 9.13. The summed E-state index contributed by atoms with van der Waals surface area (Å²) in [5.74, 6) is -0.178. The maximum absolute atomic E-state index is 11.5. The van der Waals surface area contributed by atoms with Crippen LogP contribution in [0.1, 0.15) is 39.0 Å². The van der Waals surface area contributed by atoms with E-state index in [2.05, 4.69) is 11.7 Å². The number of unbranched alkanes of at least 4 members (excludes halogenated alkanes) is 1. The fourth-order valence-electron chi connectivity index (χ4n) is 2.35.